The van der Waals surface area contributed by atoms with Crippen LogP contribution in [0.5, 0.6) is 0 Å². The summed E-state index contributed by atoms with van der Waals surface area (Å²) in [4.78, 5) is 14.9. The summed E-state index contributed by atoms with van der Waals surface area (Å²) in [5.74, 6) is -1.24. The van der Waals surface area contributed by atoms with Crippen LogP contribution in [0.1, 0.15) is 31.2 Å². The molecule has 1 aliphatic rings. The summed E-state index contributed by atoms with van der Waals surface area (Å²) in [5, 5.41) is 14.0. The van der Waals surface area contributed by atoms with Crippen LogP contribution in [0, 0.1) is 6.92 Å². The number of nitrogens with zero attached hydrogens (tertiary/aromatic N) is 3. The summed E-state index contributed by atoms with van der Waals surface area (Å²) in [5.41, 5.74) is 8.00. The molecule has 0 bridgehead atoms. The summed E-state index contributed by atoms with van der Waals surface area (Å²) < 4.78 is 24.5. The number of carbonyl (C=O) groups is 1. The maximum absolute atomic E-state index is 12.3. The third-order valence-corrected chi connectivity index (χ3v) is 5.83. The second-order valence-corrected chi connectivity index (χ2v) is 7.99. The van der Waals surface area contributed by atoms with E-state index in [9.17, 15) is 18.3 Å². The molecule has 2 atom stereocenters. The van der Waals surface area contributed by atoms with E-state index in [4.69, 9.17) is 5.53 Å². The Morgan fingerprint density at radius 3 is 2.70 bits per heavy atom. The fourth-order valence-corrected chi connectivity index (χ4v) is 4.15. The van der Waals surface area contributed by atoms with Crippen molar-refractivity contribution in [2.24, 2.45) is 5.11 Å². The van der Waals surface area contributed by atoms with E-state index in [-0.39, 0.29) is 11.3 Å². The van der Waals surface area contributed by atoms with Gasteiger partial charge < -0.3 is 5.11 Å². The molecule has 0 heterocycles. The molecule has 7 nitrogen and oxygen atoms in total. The smallest absolute Gasteiger partial charge is 0.185 e. The first-order valence-electron chi connectivity index (χ1n) is 7.34. The van der Waals surface area contributed by atoms with E-state index >= 15 is 0 Å². The van der Waals surface area contributed by atoms with Crippen molar-refractivity contribution in [3.8, 4) is 0 Å². The van der Waals surface area contributed by atoms with Crippen molar-refractivity contribution in [1.82, 2.24) is 0 Å². The Hall–Kier alpha value is -1.89. The molecule has 0 unspecified atom stereocenters. The molecule has 1 N–H and O–H groups in total. The van der Waals surface area contributed by atoms with Crippen molar-refractivity contribution >= 4 is 15.6 Å². The molecule has 0 spiro atoms. The standard InChI is InChI=1S/C15H19N3O4S/c1-11-4-6-13(7-5-11)23(21,22)10-12(19)9-15(20)8-2-3-14(15)17-18-16/h4-7,14,20H,2-3,8-10H2,1H3/t14-,15-/m0/s1. The maximum Gasteiger partial charge on any atom is 0.185 e. The number of azide groups is 1. The van der Waals surface area contributed by atoms with Gasteiger partial charge >= 0.3 is 0 Å². The highest BCUT2D eigenvalue weighted by Crippen LogP contribution is 2.35. The summed E-state index contributed by atoms with van der Waals surface area (Å²) in [7, 11) is -3.74. The van der Waals surface area contributed by atoms with Gasteiger partial charge in [-0.15, -0.1) is 0 Å². The normalized spacial score (nSPS) is 24.2. The molecule has 1 aromatic carbocycles. The third kappa shape index (κ3) is 4.10. The molecule has 0 amide bonds. The molecular formula is C15H19N3O4S. The number of benzene rings is 1. The second kappa shape index (κ2) is 6.70. The Morgan fingerprint density at radius 1 is 1.43 bits per heavy atom. The van der Waals surface area contributed by atoms with Crippen LogP contribution in [-0.2, 0) is 14.6 Å². The first-order chi connectivity index (χ1) is 10.8. The highest BCUT2D eigenvalue weighted by molar-refractivity contribution is 7.92. The topological polar surface area (TPSA) is 120 Å². The largest absolute Gasteiger partial charge is 0.389 e. The van der Waals surface area contributed by atoms with Gasteiger partial charge in [0.2, 0.25) is 0 Å². The second-order valence-electron chi connectivity index (χ2n) is 6.00. The molecular weight excluding hydrogens is 318 g/mol. The highest BCUT2D eigenvalue weighted by atomic mass is 32.2. The number of hydrogen-bond donors (Lipinski definition) is 1. The fourth-order valence-electron chi connectivity index (χ4n) is 2.90. The van der Waals surface area contributed by atoms with Crippen molar-refractivity contribution < 1.29 is 18.3 Å². The number of aryl methyl sites for hydroxylation is 1. The summed E-state index contributed by atoms with van der Waals surface area (Å²) in [6.45, 7) is 1.84. The minimum absolute atomic E-state index is 0.0847. The van der Waals surface area contributed by atoms with Gasteiger partial charge in [0.05, 0.1) is 16.5 Å². The van der Waals surface area contributed by atoms with Crippen LogP contribution < -0.4 is 0 Å². The Labute approximate surface area is 134 Å². The summed E-state index contributed by atoms with van der Waals surface area (Å²) >= 11 is 0. The molecule has 23 heavy (non-hydrogen) atoms. The number of aliphatic hydroxyl groups is 1. The van der Waals surface area contributed by atoms with E-state index in [1.54, 1.807) is 12.1 Å². The lowest BCUT2D eigenvalue weighted by Gasteiger charge is -2.26. The van der Waals surface area contributed by atoms with Crippen molar-refractivity contribution in [1.29, 1.82) is 0 Å². The average molecular weight is 337 g/mol. The van der Waals surface area contributed by atoms with Gasteiger partial charge in [-0.1, -0.05) is 29.2 Å². The Bertz CT molecular complexity index is 738. The molecule has 1 aromatic rings. The average Bonchev–Trinajstić information content (AvgIpc) is 2.79. The van der Waals surface area contributed by atoms with E-state index in [2.05, 4.69) is 10.0 Å². The van der Waals surface area contributed by atoms with E-state index in [0.717, 1.165) is 5.56 Å². The molecule has 0 aliphatic heterocycles. The van der Waals surface area contributed by atoms with Gasteiger partial charge in [0.1, 0.15) is 5.75 Å². The lowest BCUT2D eigenvalue weighted by atomic mass is 9.92. The summed E-state index contributed by atoms with van der Waals surface area (Å²) in [6.07, 6.45) is 1.14. The number of ketones is 1. The quantitative estimate of drug-likeness (QED) is 0.486. The minimum atomic E-state index is -3.74. The van der Waals surface area contributed by atoms with E-state index in [0.29, 0.717) is 19.3 Å². The van der Waals surface area contributed by atoms with E-state index < -0.39 is 33.0 Å². The molecule has 0 saturated heterocycles. The number of carbonyl (C=O) groups excluding carboxylic acids is 1. The molecule has 0 aromatic heterocycles. The number of Topliss-reactive ketones (excluding diaryl/α,β-unsaturated/α-hetero) is 1. The third-order valence-electron chi connectivity index (χ3n) is 4.13. The highest BCUT2D eigenvalue weighted by Gasteiger charge is 2.42. The van der Waals surface area contributed by atoms with Crippen LogP contribution in [-0.4, -0.2) is 36.7 Å². The van der Waals surface area contributed by atoms with Gasteiger partial charge in [0.15, 0.2) is 15.6 Å². The van der Waals surface area contributed by atoms with Gasteiger partial charge in [-0.25, -0.2) is 8.42 Å². The van der Waals surface area contributed by atoms with Gasteiger partial charge in [0.25, 0.3) is 0 Å². The zero-order chi connectivity index (χ0) is 17.1. The Morgan fingerprint density at radius 2 is 2.09 bits per heavy atom. The van der Waals surface area contributed by atoms with Crippen molar-refractivity contribution in [2.75, 3.05) is 5.75 Å². The van der Waals surface area contributed by atoms with Crippen LogP contribution in [0.2, 0.25) is 0 Å². The van der Waals surface area contributed by atoms with Crippen molar-refractivity contribution in [3.63, 3.8) is 0 Å². The minimum Gasteiger partial charge on any atom is -0.389 e. The lowest BCUT2D eigenvalue weighted by molar-refractivity contribution is -0.121. The molecule has 0 radical (unpaired) electrons. The van der Waals surface area contributed by atoms with Crippen LogP contribution in [0.15, 0.2) is 34.3 Å². The molecule has 124 valence electrons. The number of rotatable bonds is 6. The van der Waals surface area contributed by atoms with E-state index in [1.807, 2.05) is 6.92 Å². The lowest BCUT2D eigenvalue weighted by Crippen LogP contribution is -2.39. The summed E-state index contributed by atoms with van der Waals surface area (Å²) in [6, 6.07) is 5.58. The molecule has 2 rings (SSSR count). The van der Waals surface area contributed by atoms with Gasteiger partial charge in [0, 0.05) is 11.3 Å². The zero-order valence-electron chi connectivity index (χ0n) is 12.8. The van der Waals surface area contributed by atoms with Crippen molar-refractivity contribution in [2.45, 2.75) is 49.1 Å². The zero-order valence-corrected chi connectivity index (χ0v) is 13.7. The molecule has 1 fully saturated rings. The fraction of sp³-hybridized carbons (Fsp3) is 0.533. The van der Waals surface area contributed by atoms with Crippen LogP contribution in [0.4, 0.5) is 0 Å². The first-order valence-corrected chi connectivity index (χ1v) is 9.00. The maximum atomic E-state index is 12.3. The Kier molecular flexibility index (Phi) is 5.09. The van der Waals surface area contributed by atoms with Gasteiger partial charge in [-0.3, -0.25) is 4.79 Å². The Balaban J connectivity index is 2.09. The van der Waals surface area contributed by atoms with Gasteiger partial charge in [-0.2, -0.15) is 0 Å². The number of hydrogen-bond acceptors (Lipinski definition) is 5. The van der Waals surface area contributed by atoms with Crippen LogP contribution in [0.3, 0.4) is 0 Å². The van der Waals surface area contributed by atoms with Crippen molar-refractivity contribution in [3.05, 3.63) is 40.3 Å². The monoisotopic (exact) mass is 337 g/mol. The predicted octanol–water partition coefficient (Wildman–Crippen LogP) is 2.32. The van der Waals surface area contributed by atoms with Crippen LogP contribution >= 0.6 is 0 Å². The first kappa shape index (κ1) is 17.5. The number of sulfone groups is 1. The SMILES string of the molecule is Cc1ccc(S(=O)(=O)CC(=O)C[C@@]2(O)CCC[C@@H]2N=[N+]=[N-])cc1. The predicted molar refractivity (Wildman–Crippen MR) is 84.6 cm³/mol. The molecule has 1 saturated carbocycles. The molecule has 8 heteroatoms. The van der Waals surface area contributed by atoms with E-state index in [1.165, 1.54) is 12.1 Å². The van der Waals surface area contributed by atoms with Crippen LogP contribution in [0.25, 0.3) is 10.4 Å². The van der Waals surface area contributed by atoms with Gasteiger partial charge in [-0.05, 0) is 37.4 Å². The molecule has 1 aliphatic carbocycles.